The van der Waals surface area contributed by atoms with Crippen LogP contribution in [0.2, 0.25) is 0 Å². The van der Waals surface area contributed by atoms with Crippen LogP contribution < -0.4 is 10.6 Å². The fourth-order valence-corrected chi connectivity index (χ4v) is 2.63. The van der Waals surface area contributed by atoms with Gasteiger partial charge in [0.25, 0.3) is 0 Å². The molecular formula is C17H28N2O2. The molecule has 0 aliphatic rings. The van der Waals surface area contributed by atoms with Gasteiger partial charge in [-0.3, -0.25) is 4.79 Å². The molecule has 0 bridgehead atoms. The van der Waals surface area contributed by atoms with Gasteiger partial charge in [0.2, 0.25) is 5.91 Å². The zero-order chi connectivity index (χ0) is 15.7. The highest BCUT2D eigenvalue weighted by Crippen LogP contribution is 2.29. The molecule has 0 fully saturated rings. The summed E-state index contributed by atoms with van der Waals surface area (Å²) in [6, 6.07) is 7.83. The van der Waals surface area contributed by atoms with Gasteiger partial charge in [-0.15, -0.1) is 0 Å². The Labute approximate surface area is 128 Å². The summed E-state index contributed by atoms with van der Waals surface area (Å²) in [6.07, 6.45) is 2.91. The zero-order valence-corrected chi connectivity index (χ0v) is 13.4. The van der Waals surface area contributed by atoms with Gasteiger partial charge in [-0.2, -0.15) is 0 Å². The number of para-hydroxylation sites is 1. The van der Waals surface area contributed by atoms with Crippen LogP contribution in [0.4, 0.5) is 5.69 Å². The predicted octanol–water partition coefficient (Wildman–Crippen LogP) is 2.92. The molecule has 0 aliphatic carbocycles. The zero-order valence-electron chi connectivity index (χ0n) is 13.4. The third-order valence-corrected chi connectivity index (χ3v) is 4.29. The number of benzene rings is 1. The van der Waals surface area contributed by atoms with Crippen LogP contribution in [0, 0.1) is 5.41 Å². The van der Waals surface area contributed by atoms with E-state index in [0.29, 0.717) is 6.54 Å². The molecule has 0 atom stereocenters. The number of rotatable bonds is 9. The predicted molar refractivity (Wildman–Crippen MR) is 87.2 cm³/mol. The highest BCUT2D eigenvalue weighted by Gasteiger charge is 2.24. The van der Waals surface area contributed by atoms with E-state index in [9.17, 15) is 9.90 Å². The topological polar surface area (TPSA) is 61.4 Å². The summed E-state index contributed by atoms with van der Waals surface area (Å²) in [6.45, 7) is 7.67. The van der Waals surface area contributed by atoms with E-state index in [1.54, 1.807) is 0 Å². The van der Waals surface area contributed by atoms with Crippen LogP contribution in [0.15, 0.2) is 24.3 Å². The molecule has 1 aromatic carbocycles. The lowest BCUT2D eigenvalue weighted by atomic mass is 9.79. The maximum Gasteiger partial charge on any atom is 0.221 e. The van der Waals surface area contributed by atoms with E-state index in [4.69, 9.17) is 0 Å². The molecule has 0 heterocycles. The van der Waals surface area contributed by atoms with Crippen molar-refractivity contribution in [1.82, 2.24) is 5.32 Å². The van der Waals surface area contributed by atoms with E-state index < -0.39 is 0 Å². The van der Waals surface area contributed by atoms with E-state index in [1.807, 2.05) is 24.3 Å². The van der Waals surface area contributed by atoms with E-state index in [-0.39, 0.29) is 17.9 Å². The Morgan fingerprint density at radius 3 is 2.48 bits per heavy atom. The third kappa shape index (κ3) is 5.48. The average molecular weight is 292 g/mol. The van der Waals surface area contributed by atoms with Crippen molar-refractivity contribution in [1.29, 1.82) is 0 Å². The maximum absolute atomic E-state index is 11.2. The molecule has 0 aromatic heterocycles. The lowest BCUT2D eigenvalue weighted by molar-refractivity contribution is -0.114. The van der Waals surface area contributed by atoms with E-state index >= 15 is 0 Å². The largest absolute Gasteiger partial charge is 0.396 e. The van der Waals surface area contributed by atoms with Gasteiger partial charge in [0, 0.05) is 32.3 Å². The van der Waals surface area contributed by atoms with Crippen molar-refractivity contribution in [2.24, 2.45) is 5.41 Å². The number of aliphatic hydroxyl groups is 1. The molecule has 0 unspecified atom stereocenters. The lowest BCUT2D eigenvalue weighted by Gasteiger charge is -2.31. The molecule has 0 saturated heterocycles. The molecule has 1 aromatic rings. The Kier molecular flexibility index (Phi) is 7.40. The molecule has 0 aliphatic heterocycles. The van der Waals surface area contributed by atoms with E-state index in [0.717, 1.165) is 37.1 Å². The number of carbonyl (C=O) groups is 1. The third-order valence-electron chi connectivity index (χ3n) is 4.29. The van der Waals surface area contributed by atoms with Gasteiger partial charge in [-0.05, 0) is 36.3 Å². The second-order valence-corrected chi connectivity index (χ2v) is 5.62. The molecule has 21 heavy (non-hydrogen) atoms. The van der Waals surface area contributed by atoms with Gasteiger partial charge in [-0.25, -0.2) is 0 Å². The van der Waals surface area contributed by atoms with Crippen LogP contribution in [0.5, 0.6) is 0 Å². The SMILES string of the molecule is CCC(CC)(CCO)CNCc1ccccc1NC(C)=O. The molecule has 0 radical (unpaired) electrons. The van der Waals surface area contributed by atoms with Crippen molar-refractivity contribution in [3.8, 4) is 0 Å². The number of amides is 1. The quantitative estimate of drug-likeness (QED) is 0.656. The molecule has 4 heteroatoms. The number of carbonyl (C=O) groups excluding carboxylic acids is 1. The van der Waals surface area contributed by atoms with Crippen molar-refractivity contribution in [2.45, 2.75) is 46.6 Å². The molecule has 118 valence electrons. The Bertz CT molecular complexity index is 442. The minimum Gasteiger partial charge on any atom is -0.396 e. The number of hydrogen-bond acceptors (Lipinski definition) is 3. The monoisotopic (exact) mass is 292 g/mol. The number of hydrogen-bond donors (Lipinski definition) is 3. The first kappa shape index (κ1) is 17.7. The van der Waals surface area contributed by atoms with Crippen LogP contribution in [0.25, 0.3) is 0 Å². The lowest BCUT2D eigenvalue weighted by Crippen LogP contribution is -2.34. The summed E-state index contributed by atoms with van der Waals surface area (Å²) < 4.78 is 0. The molecule has 1 amide bonds. The summed E-state index contributed by atoms with van der Waals surface area (Å²) in [5.41, 5.74) is 2.09. The molecule has 0 spiro atoms. The number of aliphatic hydroxyl groups excluding tert-OH is 1. The van der Waals surface area contributed by atoms with E-state index in [1.165, 1.54) is 6.92 Å². The van der Waals surface area contributed by atoms with Crippen LogP contribution in [-0.4, -0.2) is 24.2 Å². The van der Waals surface area contributed by atoms with Gasteiger partial charge in [0.15, 0.2) is 0 Å². The van der Waals surface area contributed by atoms with Crippen molar-refractivity contribution in [3.05, 3.63) is 29.8 Å². The van der Waals surface area contributed by atoms with Crippen LogP contribution >= 0.6 is 0 Å². The highest BCUT2D eigenvalue weighted by atomic mass is 16.3. The first-order valence-electron chi connectivity index (χ1n) is 7.74. The van der Waals surface area contributed by atoms with Crippen molar-refractivity contribution >= 4 is 11.6 Å². The second-order valence-electron chi connectivity index (χ2n) is 5.62. The summed E-state index contributed by atoms with van der Waals surface area (Å²) in [5, 5.41) is 15.6. The molecule has 0 saturated carbocycles. The van der Waals surface area contributed by atoms with Crippen molar-refractivity contribution in [2.75, 3.05) is 18.5 Å². The minimum absolute atomic E-state index is 0.0563. The first-order valence-corrected chi connectivity index (χ1v) is 7.74. The van der Waals surface area contributed by atoms with Gasteiger partial charge in [0.05, 0.1) is 0 Å². The van der Waals surface area contributed by atoms with Crippen molar-refractivity contribution in [3.63, 3.8) is 0 Å². The smallest absolute Gasteiger partial charge is 0.221 e. The second kappa shape index (κ2) is 8.80. The summed E-state index contributed by atoms with van der Waals surface area (Å²) >= 11 is 0. The van der Waals surface area contributed by atoms with Crippen LogP contribution in [0.1, 0.15) is 45.6 Å². The molecule has 1 rings (SSSR count). The van der Waals surface area contributed by atoms with E-state index in [2.05, 4.69) is 24.5 Å². The fraction of sp³-hybridized carbons (Fsp3) is 0.588. The van der Waals surface area contributed by atoms with Gasteiger partial charge >= 0.3 is 0 Å². The Balaban J connectivity index is 2.64. The first-order chi connectivity index (χ1) is 10.1. The number of anilines is 1. The minimum atomic E-state index is -0.0563. The summed E-state index contributed by atoms with van der Waals surface area (Å²) in [4.78, 5) is 11.2. The van der Waals surface area contributed by atoms with Crippen molar-refractivity contribution < 1.29 is 9.90 Å². The Hall–Kier alpha value is -1.39. The Morgan fingerprint density at radius 2 is 1.90 bits per heavy atom. The van der Waals surface area contributed by atoms with Crippen LogP contribution in [0.3, 0.4) is 0 Å². The average Bonchev–Trinajstić information content (AvgIpc) is 2.47. The Morgan fingerprint density at radius 1 is 1.24 bits per heavy atom. The molecule has 3 N–H and O–H groups in total. The normalized spacial score (nSPS) is 11.4. The standard InChI is InChI=1S/C17H28N2O2/c1-4-17(5-2,10-11-20)13-18-12-15-8-6-7-9-16(15)19-14(3)21/h6-9,18,20H,4-5,10-13H2,1-3H3,(H,19,21). The molecular weight excluding hydrogens is 264 g/mol. The van der Waals surface area contributed by atoms with Gasteiger partial charge < -0.3 is 15.7 Å². The van der Waals surface area contributed by atoms with Gasteiger partial charge in [0.1, 0.15) is 0 Å². The number of nitrogens with one attached hydrogen (secondary N) is 2. The fourth-order valence-electron chi connectivity index (χ4n) is 2.63. The van der Waals surface area contributed by atoms with Gasteiger partial charge in [-0.1, -0.05) is 32.0 Å². The maximum atomic E-state index is 11.2. The summed E-state index contributed by atoms with van der Waals surface area (Å²) in [7, 11) is 0. The highest BCUT2D eigenvalue weighted by molar-refractivity contribution is 5.89. The summed E-state index contributed by atoms with van der Waals surface area (Å²) in [5.74, 6) is -0.0563. The van der Waals surface area contributed by atoms with Crippen LogP contribution in [-0.2, 0) is 11.3 Å². The molecule has 4 nitrogen and oxygen atoms in total.